The first kappa shape index (κ1) is 20.6. The summed E-state index contributed by atoms with van der Waals surface area (Å²) in [5, 5.41) is 2.99. The van der Waals surface area contributed by atoms with Crippen LogP contribution in [-0.2, 0) is 13.5 Å². The molecule has 2 aromatic carbocycles. The number of imidazole rings is 1. The van der Waals surface area contributed by atoms with E-state index in [0.29, 0.717) is 5.56 Å². The summed E-state index contributed by atoms with van der Waals surface area (Å²) in [5.74, 6) is 0.988. The van der Waals surface area contributed by atoms with Crippen LogP contribution in [0.4, 0.5) is 5.69 Å². The highest BCUT2D eigenvalue weighted by atomic mass is 16.1. The Hall–Kier alpha value is -2.70. The predicted octanol–water partition coefficient (Wildman–Crippen LogP) is 3.31. The lowest BCUT2D eigenvalue weighted by molar-refractivity contribution is 0.102. The van der Waals surface area contributed by atoms with Gasteiger partial charge in [0, 0.05) is 57.4 Å². The summed E-state index contributed by atoms with van der Waals surface area (Å²) in [7, 11) is 2.07. The van der Waals surface area contributed by atoms with Gasteiger partial charge in [-0.25, -0.2) is 4.98 Å². The van der Waals surface area contributed by atoms with Crippen molar-refractivity contribution in [1.82, 2.24) is 19.4 Å². The summed E-state index contributed by atoms with van der Waals surface area (Å²) in [5.41, 5.74) is 4.58. The average molecular weight is 406 g/mol. The maximum Gasteiger partial charge on any atom is 0.255 e. The smallest absolute Gasteiger partial charge is 0.255 e. The number of likely N-dealkylation sites (N-methyl/N-ethyl adjacent to an activating group) is 1. The van der Waals surface area contributed by atoms with Crippen molar-refractivity contribution < 1.29 is 4.79 Å². The van der Waals surface area contributed by atoms with Gasteiger partial charge >= 0.3 is 0 Å². The second-order valence-corrected chi connectivity index (χ2v) is 8.14. The number of rotatable bonds is 6. The van der Waals surface area contributed by atoms with Crippen molar-refractivity contribution in [2.45, 2.75) is 20.3 Å². The van der Waals surface area contributed by atoms with Crippen LogP contribution in [0.2, 0.25) is 0 Å². The monoisotopic (exact) mass is 405 g/mol. The van der Waals surface area contributed by atoms with Crippen molar-refractivity contribution in [2.24, 2.45) is 7.05 Å². The zero-order valence-corrected chi connectivity index (χ0v) is 18.2. The van der Waals surface area contributed by atoms with Crippen molar-refractivity contribution in [3.05, 3.63) is 59.4 Å². The number of carbonyl (C=O) groups excluding carboxylic acids is 1. The Kier molecular flexibility index (Phi) is 6.16. The third kappa shape index (κ3) is 4.55. The minimum atomic E-state index is -0.100. The molecule has 1 saturated heterocycles. The predicted molar refractivity (Wildman–Crippen MR) is 122 cm³/mol. The lowest BCUT2D eigenvalue weighted by atomic mass is 10.1. The fourth-order valence-corrected chi connectivity index (χ4v) is 4.05. The summed E-state index contributed by atoms with van der Waals surface area (Å²) >= 11 is 0. The number of fused-ring (bicyclic) bond motifs is 1. The first-order chi connectivity index (χ1) is 14.5. The summed E-state index contributed by atoms with van der Waals surface area (Å²) < 4.78 is 2.17. The fourth-order valence-electron chi connectivity index (χ4n) is 4.05. The first-order valence-corrected chi connectivity index (χ1v) is 10.8. The standard InChI is InChI=1S/C24H31N5O/c1-4-28-13-15-29(16-14-28)12-11-23-26-21-17-20(9-10-22(21)27(23)3)25-24(30)19-7-5-18(2)6-8-19/h5-10,17H,4,11-16H2,1-3H3,(H,25,30). The van der Waals surface area contributed by atoms with Crippen LogP contribution in [0.1, 0.15) is 28.7 Å². The quantitative estimate of drug-likeness (QED) is 0.684. The van der Waals surface area contributed by atoms with Crippen molar-refractivity contribution in [3.8, 4) is 0 Å². The Morgan fingerprint density at radius 3 is 2.43 bits per heavy atom. The summed E-state index contributed by atoms with van der Waals surface area (Å²) in [4.78, 5) is 22.4. The number of piperazine rings is 1. The van der Waals surface area contributed by atoms with Crippen LogP contribution in [0, 0.1) is 6.92 Å². The molecule has 0 atom stereocenters. The van der Waals surface area contributed by atoms with Gasteiger partial charge in [0.1, 0.15) is 5.82 Å². The van der Waals surface area contributed by atoms with Gasteiger partial charge in [0.25, 0.3) is 5.91 Å². The molecule has 4 rings (SSSR count). The Morgan fingerprint density at radius 1 is 1.03 bits per heavy atom. The molecule has 1 N–H and O–H groups in total. The van der Waals surface area contributed by atoms with Crippen LogP contribution < -0.4 is 5.32 Å². The molecular weight excluding hydrogens is 374 g/mol. The zero-order chi connectivity index (χ0) is 21.1. The van der Waals surface area contributed by atoms with E-state index in [2.05, 4.69) is 33.7 Å². The van der Waals surface area contributed by atoms with Gasteiger partial charge in [-0.15, -0.1) is 0 Å². The molecule has 0 unspecified atom stereocenters. The van der Waals surface area contributed by atoms with E-state index < -0.39 is 0 Å². The molecule has 1 fully saturated rings. The van der Waals surface area contributed by atoms with E-state index in [1.165, 1.54) is 0 Å². The van der Waals surface area contributed by atoms with E-state index in [0.717, 1.165) is 73.8 Å². The van der Waals surface area contributed by atoms with Gasteiger partial charge in [-0.1, -0.05) is 24.6 Å². The fraction of sp³-hybridized carbons (Fsp3) is 0.417. The van der Waals surface area contributed by atoms with E-state index in [4.69, 9.17) is 4.98 Å². The molecule has 0 bridgehead atoms. The SMILES string of the molecule is CCN1CCN(CCc2nc3cc(NC(=O)c4ccc(C)cc4)ccc3n2C)CC1. The molecule has 2 heterocycles. The van der Waals surface area contributed by atoms with E-state index in [-0.39, 0.29) is 5.91 Å². The van der Waals surface area contributed by atoms with E-state index in [1.54, 1.807) is 0 Å². The Labute approximate surface area is 178 Å². The molecule has 3 aromatic rings. The van der Waals surface area contributed by atoms with Crippen LogP contribution in [0.5, 0.6) is 0 Å². The summed E-state index contributed by atoms with van der Waals surface area (Å²) in [6, 6.07) is 13.5. The maximum absolute atomic E-state index is 12.5. The average Bonchev–Trinajstić information content (AvgIpc) is 3.08. The highest BCUT2D eigenvalue weighted by Crippen LogP contribution is 2.21. The van der Waals surface area contributed by atoms with Gasteiger partial charge in [0.2, 0.25) is 0 Å². The number of amides is 1. The Balaban J connectivity index is 1.42. The molecule has 0 aliphatic carbocycles. The van der Waals surface area contributed by atoms with Gasteiger partial charge in [0.05, 0.1) is 11.0 Å². The van der Waals surface area contributed by atoms with E-state index >= 15 is 0 Å². The highest BCUT2D eigenvalue weighted by molar-refractivity contribution is 6.05. The van der Waals surface area contributed by atoms with Crippen LogP contribution in [0.15, 0.2) is 42.5 Å². The molecule has 1 amide bonds. The number of hydrogen-bond acceptors (Lipinski definition) is 4. The van der Waals surface area contributed by atoms with Gasteiger partial charge < -0.3 is 19.7 Å². The second-order valence-electron chi connectivity index (χ2n) is 8.14. The van der Waals surface area contributed by atoms with E-state index in [9.17, 15) is 4.79 Å². The normalized spacial score (nSPS) is 15.6. The number of carbonyl (C=O) groups is 1. The summed E-state index contributed by atoms with van der Waals surface area (Å²) in [6.07, 6.45) is 0.933. The zero-order valence-electron chi connectivity index (χ0n) is 18.2. The van der Waals surface area contributed by atoms with Crippen molar-refractivity contribution in [2.75, 3.05) is 44.6 Å². The lowest BCUT2D eigenvalue weighted by Gasteiger charge is -2.33. The molecule has 0 spiro atoms. The van der Waals surface area contributed by atoms with Crippen molar-refractivity contribution in [1.29, 1.82) is 0 Å². The van der Waals surface area contributed by atoms with Crippen LogP contribution in [0.3, 0.4) is 0 Å². The summed E-state index contributed by atoms with van der Waals surface area (Å²) in [6.45, 7) is 11.0. The molecule has 0 radical (unpaired) electrons. The van der Waals surface area contributed by atoms with Crippen molar-refractivity contribution >= 4 is 22.6 Å². The molecular formula is C24H31N5O. The van der Waals surface area contributed by atoms with Gasteiger partial charge in [-0.2, -0.15) is 0 Å². The number of benzene rings is 2. The number of nitrogens with one attached hydrogen (secondary N) is 1. The number of aryl methyl sites for hydroxylation is 2. The largest absolute Gasteiger partial charge is 0.331 e. The molecule has 1 aliphatic heterocycles. The molecule has 158 valence electrons. The topological polar surface area (TPSA) is 53.4 Å². The molecule has 1 aromatic heterocycles. The number of nitrogens with zero attached hydrogens (tertiary/aromatic N) is 4. The molecule has 0 saturated carbocycles. The van der Waals surface area contributed by atoms with Crippen molar-refractivity contribution in [3.63, 3.8) is 0 Å². The minimum Gasteiger partial charge on any atom is -0.331 e. The molecule has 6 nitrogen and oxygen atoms in total. The van der Waals surface area contributed by atoms with Crippen LogP contribution in [0.25, 0.3) is 11.0 Å². The number of anilines is 1. The third-order valence-corrected chi connectivity index (χ3v) is 6.11. The maximum atomic E-state index is 12.5. The second kappa shape index (κ2) is 8.98. The van der Waals surface area contributed by atoms with Crippen LogP contribution >= 0.6 is 0 Å². The van der Waals surface area contributed by atoms with Crippen LogP contribution in [-0.4, -0.2) is 64.5 Å². The molecule has 30 heavy (non-hydrogen) atoms. The highest BCUT2D eigenvalue weighted by Gasteiger charge is 2.16. The first-order valence-electron chi connectivity index (χ1n) is 10.8. The van der Waals surface area contributed by atoms with E-state index in [1.807, 2.05) is 49.4 Å². The Morgan fingerprint density at radius 2 is 1.73 bits per heavy atom. The number of aromatic nitrogens is 2. The molecule has 1 aliphatic rings. The van der Waals surface area contributed by atoms with Gasteiger partial charge in [-0.05, 0) is 43.8 Å². The van der Waals surface area contributed by atoms with Gasteiger partial charge in [-0.3, -0.25) is 4.79 Å². The minimum absolute atomic E-state index is 0.100. The lowest BCUT2D eigenvalue weighted by Crippen LogP contribution is -2.46. The number of hydrogen-bond donors (Lipinski definition) is 1. The molecule has 6 heteroatoms. The Bertz CT molecular complexity index is 1020. The third-order valence-electron chi connectivity index (χ3n) is 6.11. The van der Waals surface area contributed by atoms with Gasteiger partial charge in [0.15, 0.2) is 0 Å².